The number of hydrogen-bond donors (Lipinski definition) is 2. The van der Waals surface area contributed by atoms with Gasteiger partial charge in [-0.3, -0.25) is 4.68 Å². The number of carbonyl (C=O) groups is 1. The molecule has 1 aliphatic rings. The number of hydrogen-bond acceptors (Lipinski definition) is 4. The van der Waals surface area contributed by atoms with Crippen molar-refractivity contribution in [2.24, 2.45) is 5.92 Å². The van der Waals surface area contributed by atoms with Crippen LogP contribution in [0.25, 0.3) is 0 Å². The second kappa shape index (κ2) is 11.3. The van der Waals surface area contributed by atoms with Gasteiger partial charge >= 0.3 is 5.97 Å². The molecule has 1 aliphatic heterocycles. The first-order valence-electron chi connectivity index (χ1n) is 8.93. The summed E-state index contributed by atoms with van der Waals surface area (Å²) in [6, 6.07) is 8.80. The highest BCUT2D eigenvalue weighted by molar-refractivity contribution is 6.41. The standard InChI is InChI=1S/C13H21N3O3.C6H4Cl2/c1-10-7-12(13(17)18)16(15-10)5-2-3-11-8-14-4-6-19-9-11;7-5-3-1-2-4-6(5)8/h7,11,14H,2-6,8-9H2,1H3,(H,17,18);1-4H. The van der Waals surface area contributed by atoms with Gasteiger partial charge in [0.25, 0.3) is 0 Å². The van der Waals surface area contributed by atoms with Crippen molar-refractivity contribution in [2.45, 2.75) is 26.3 Å². The van der Waals surface area contributed by atoms with Gasteiger partial charge in [0.05, 0.1) is 29.0 Å². The number of ether oxygens (including phenoxy) is 1. The van der Waals surface area contributed by atoms with Crippen molar-refractivity contribution in [3.05, 3.63) is 51.8 Å². The van der Waals surface area contributed by atoms with Crippen LogP contribution in [0.5, 0.6) is 0 Å². The molecule has 0 saturated carbocycles. The van der Waals surface area contributed by atoms with Crippen molar-refractivity contribution in [3.63, 3.8) is 0 Å². The molecule has 6 nitrogen and oxygen atoms in total. The minimum atomic E-state index is -0.917. The minimum absolute atomic E-state index is 0.271. The van der Waals surface area contributed by atoms with Crippen LogP contribution in [0.2, 0.25) is 10.0 Å². The van der Waals surface area contributed by atoms with Crippen LogP contribution >= 0.6 is 23.2 Å². The summed E-state index contributed by atoms with van der Waals surface area (Å²) in [5.74, 6) is -0.410. The molecular formula is C19H25Cl2N3O3. The lowest BCUT2D eigenvalue weighted by molar-refractivity contribution is 0.0682. The smallest absolute Gasteiger partial charge is 0.354 e. The molecule has 1 fully saturated rings. The Balaban J connectivity index is 0.000000273. The first-order valence-corrected chi connectivity index (χ1v) is 9.69. The molecule has 2 heterocycles. The molecule has 8 heteroatoms. The van der Waals surface area contributed by atoms with Crippen molar-refractivity contribution in [1.29, 1.82) is 0 Å². The van der Waals surface area contributed by atoms with Gasteiger partial charge in [-0.2, -0.15) is 5.10 Å². The molecule has 3 rings (SSSR count). The highest BCUT2D eigenvalue weighted by atomic mass is 35.5. The molecular weight excluding hydrogens is 389 g/mol. The fraction of sp³-hybridized carbons (Fsp3) is 0.474. The van der Waals surface area contributed by atoms with Gasteiger partial charge < -0.3 is 15.2 Å². The van der Waals surface area contributed by atoms with Gasteiger partial charge in [0.2, 0.25) is 0 Å². The lowest BCUT2D eigenvalue weighted by Crippen LogP contribution is -2.23. The third-order valence-corrected chi connectivity index (χ3v) is 4.89. The summed E-state index contributed by atoms with van der Waals surface area (Å²) >= 11 is 11.2. The van der Waals surface area contributed by atoms with E-state index in [4.69, 9.17) is 33.0 Å². The van der Waals surface area contributed by atoms with Gasteiger partial charge in [0.1, 0.15) is 5.69 Å². The molecule has 2 N–H and O–H groups in total. The van der Waals surface area contributed by atoms with Crippen LogP contribution in [0.3, 0.4) is 0 Å². The molecule has 1 aromatic heterocycles. The van der Waals surface area contributed by atoms with Crippen molar-refractivity contribution in [3.8, 4) is 0 Å². The lowest BCUT2D eigenvalue weighted by Gasteiger charge is -2.13. The molecule has 148 valence electrons. The number of carboxylic acid groups (broad SMARTS) is 1. The summed E-state index contributed by atoms with van der Waals surface area (Å²) < 4.78 is 7.08. The maximum atomic E-state index is 11.1. The third kappa shape index (κ3) is 7.50. The normalized spacial score (nSPS) is 16.9. The van der Waals surface area contributed by atoms with E-state index in [-0.39, 0.29) is 5.69 Å². The number of aryl methyl sites for hydroxylation is 2. The van der Waals surface area contributed by atoms with Crippen molar-refractivity contribution in [2.75, 3.05) is 26.3 Å². The van der Waals surface area contributed by atoms with Crippen LogP contribution in [0.15, 0.2) is 30.3 Å². The zero-order chi connectivity index (χ0) is 19.6. The van der Waals surface area contributed by atoms with E-state index in [1.54, 1.807) is 22.9 Å². The molecule has 1 unspecified atom stereocenters. The Kier molecular flexibility index (Phi) is 9.07. The van der Waals surface area contributed by atoms with E-state index in [1.165, 1.54) is 0 Å². The fourth-order valence-corrected chi connectivity index (χ4v) is 3.07. The molecule has 2 aromatic rings. The molecule has 0 spiro atoms. The lowest BCUT2D eigenvalue weighted by atomic mass is 10.0. The second-order valence-corrected chi connectivity index (χ2v) is 7.22. The Bertz CT molecular complexity index is 708. The average Bonchev–Trinajstić information content (AvgIpc) is 2.83. The molecule has 1 aromatic carbocycles. The van der Waals surface area contributed by atoms with Crippen molar-refractivity contribution < 1.29 is 14.6 Å². The Morgan fingerprint density at radius 1 is 1.37 bits per heavy atom. The van der Waals surface area contributed by atoms with Gasteiger partial charge in [-0.15, -0.1) is 0 Å². The van der Waals surface area contributed by atoms with E-state index in [0.29, 0.717) is 22.5 Å². The Labute approximate surface area is 169 Å². The van der Waals surface area contributed by atoms with Gasteiger partial charge in [0.15, 0.2) is 0 Å². The van der Waals surface area contributed by atoms with Crippen molar-refractivity contribution in [1.82, 2.24) is 15.1 Å². The Morgan fingerprint density at radius 2 is 2.07 bits per heavy atom. The van der Waals surface area contributed by atoms with Crippen LogP contribution < -0.4 is 5.32 Å². The van der Waals surface area contributed by atoms with Crippen molar-refractivity contribution >= 4 is 29.2 Å². The Morgan fingerprint density at radius 3 is 2.70 bits per heavy atom. The minimum Gasteiger partial charge on any atom is -0.477 e. The van der Waals surface area contributed by atoms with Gasteiger partial charge in [-0.1, -0.05) is 35.3 Å². The van der Waals surface area contributed by atoms with Gasteiger partial charge in [0, 0.05) is 19.6 Å². The first-order chi connectivity index (χ1) is 13.0. The Hall–Kier alpha value is -1.60. The van der Waals surface area contributed by atoms with E-state index >= 15 is 0 Å². The summed E-state index contributed by atoms with van der Waals surface area (Å²) in [5.41, 5.74) is 1.02. The van der Waals surface area contributed by atoms with E-state index in [9.17, 15) is 4.79 Å². The molecule has 1 saturated heterocycles. The number of carboxylic acids is 1. The van der Waals surface area contributed by atoms with E-state index < -0.39 is 5.97 Å². The van der Waals surface area contributed by atoms with Crippen LogP contribution in [0, 0.1) is 12.8 Å². The van der Waals surface area contributed by atoms with Crippen LogP contribution in [0.4, 0.5) is 0 Å². The monoisotopic (exact) mass is 413 g/mol. The zero-order valence-corrected chi connectivity index (χ0v) is 16.8. The van der Waals surface area contributed by atoms with Crippen LogP contribution in [0.1, 0.15) is 29.0 Å². The predicted octanol–water partition coefficient (Wildman–Crippen LogP) is 3.90. The van der Waals surface area contributed by atoms with Gasteiger partial charge in [-0.05, 0) is 43.9 Å². The number of nitrogens with zero attached hydrogens (tertiary/aromatic N) is 2. The average molecular weight is 414 g/mol. The van der Waals surface area contributed by atoms with Crippen LogP contribution in [-0.2, 0) is 11.3 Å². The quantitative estimate of drug-likeness (QED) is 0.776. The number of nitrogens with one attached hydrogen (secondary N) is 1. The largest absolute Gasteiger partial charge is 0.477 e. The molecule has 0 amide bonds. The molecule has 0 radical (unpaired) electrons. The first kappa shape index (κ1) is 21.7. The van der Waals surface area contributed by atoms with Gasteiger partial charge in [-0.25, -0.2) is 4.79 Å². The summed E-state index contributed by atoms with van der Waals surface area (Å²) in [4.78, 5) is 11.1. The van der Waals surface area contributed by atoms with E-state index in [0.717, 1.165) is 44.8 Å². The number of halogens is 2. The number of aromatic carboxylic acids is 1. The topological polar surface area (TPSA) is 76.4 Å². The summed E-state index contributed by atoms with van der Waals surface area (Å²) in [6.07, 6.45) is 1.93. The maximum Gasteiger partial charge on any atom is 0.354 e. The summed E-state index contributed by atoms with van der Waals surface area (Å²) in [7, 11) is 0. The SMILES string of the molecule is Cc1cc(C(=O)O)n(CCCC2CNCCOC2)n1.Clc1ccccc1Cl. The van der Waals surface area contributed by atoms with E-state index in [1.807, 2.05) is 19.1 Å². The highest BCUT2D eigenvalue weighted by Crippen LogP contribution is 2.19. The molecule has 1 atom stereocenters. The number of benzene rings is 1. The molecule has 0 aliphatic carbocycles. The summed E-state index contributed by atoms with van der Waals surface area (Å²) in [6.45, 7) is 5.91. The number of rotatable bonds is 5. The summed E-state index contributed by atoms with van der Waals surface area (Å²) in [5, 5.41) is 17.8. The zero-order valence-electron chi connectivity index (χ0n) is 15.3. The molecule has 27 heavy (non-hydrogen) atoms. The second-order valence-electron chi connectivity index (χ2n) is 6.40. The van der Waals surface area contributed by atoms with Crippen LogP contribution in [-0.4, -0.2) is 47.2 Å². The maximum absolute atomic E-state index is 11.1. The highest BCUT2D eigenvalue weighted by Gasteiger charge is 2.15. The molecule has 0 bridgehead atoms. The van der Waals surface area contributed by atoms with E-state index in [2.05, 4.69) is 10.4 Å². The fourth-order valence-electron chi connectivity index (χ4n) is 2.80. The third-order valence-electron chi connectivity index (χ3n) is 4.14. The number of aromatic nitrogens is 2. The predicted molar refractivity (Wildman–Crippen MR) is 107 cm³/mol.